The Morgan fingerprint density at radius 3 is 2.84 bits per heavy atom. The van der Waals surface area contributed by atoms with Gasteiger partial charge >= 0.3 is 5.97 Å². The maximum absolute atomic E-state index is 11.9. The van der Waals surface area contributed by atoms with E-state index < -0.39 is 0 Å². The summed E-state index contributed by atoms with van der Waals surface area (Å²) in [5.41, 5.74) is 10.1. The van der Waals surface area contributed by atoms with Crippen LogP contribution in [-0.4, -0.2) is 24.0 Å². The number of methoxy groups -OCH3 is 1. The minimum atomic E-state index is -0.343. The molecule has 0 spiro atoms. The molecule has 0 amide bonds. The highest BCUT2D eigenvalue weighted by Crippen LogP contribution is 2.40. The van der Waals surface area contributed by atoms with Crippen molar-refractivity contribution in [2.75, 3.05) is 12.4 Å². The van der Waals surface area contributed by atoms with Crippen molar-refractivity contribution in [1.82, 2.24) is 4.98 Å². The highest BCUT2D eigenvalue weighted by atomic mass is 16.5. The highest BCUT2D eigenvalue weighted by Gasteiger charge is 2.30. The molecule has 1 saturated carbocycles. The lowest BCUT2D eigenvalue weighted by Crippen LogP contribution is -2.22. The number of ether oxygens (including phenoxy) is 1. The number of hydrogen-bond donors (Lipinski definition) is 2. The second-order valence-corrected chi connectivity index (χ2v) is 6.20. The third kappa shape index (κ3) is 4.35. The smallest absolute Gasteiger partial charge is 0.339 e. The van der Waals surface area contributed by atoms with Crippen LogP contribution in [0.2, 0.25) is 0 Å². The van der Waals surface area contributed by atoms with Crippen LogP contribution in [0.3, 0.4) is 0 Å². The van der Waals surface area contributed by atoms with Crippen molar-refractivity contribution in [3.8, 4) is 0 Å². The third-order valence-corrected chi connectivity index (χ3v) is 4.05. The van der Waals surface area contributed by atoms with Gasteiger partial charge in [0, 0.05) is 11.6 Å². The number of esters is 1. The van der Waals surface area contributed by atoms with Crippen molar-refractivity contribution in [2.24, 2.45) is 10.7 Å². The van der Waals surface area contributed by atoms with Gasteiger partial charge in [0.1, 0.15) is 0 Å². The molecule has 0 saturated heterocycles. The average Bonchev–Trinajstić information content (AvgIpc) is 3.44. The number of guanidine groups is 1. The molecule has 1 aromatic carbocycles. The van der Waals surface area contributed by atoms with Crippen LogP contribution in [0.15, 0.2) is 41.4 Å². The summed E-state index contributed by atoms with van der Waals surface area (Å²) >= 11 is 0. The van der Waals surface area contributed by atoms with Gasteiger partial charge in [-0.2, -0.15) is 0 Å². The second-order valence-electron chi connectivity index (χ2n) is 6.20. The Morgan fingerprint density at radius 1 is 1.36 bits per heavy atom. The van der Waals surface area contributed by atoms with Gasteiger partial charge in [-0.15, -0.1) is 0 Å². The SMILES string of the molecule is COC(=O)c1ccc(CN=C(N)Nc2cccc(C)c2)nc1C1CC1. The van der Waals surface area contributed by atoms with Crippen LogP contribution in [0, 0.1) is 6.92 Å². The molecule has 3 N–H and O–H groups in total. The summed E-state index contributed by atoms with van der Waals surface area (Å²) in [6.45, 7) is 2.37. The van der Waals surface area contributed by atoms with Crippen LogP contribution in [0.25, 0.3) is 0 Å². The Balaban J connectivity index is 1.72. The van der Waals surface area contributed by atoms with Gasteiger partial charge in [-0.05, 0) is 49.6 Å². The van der Waals surface area contributed by atoms with Crippen molar-refractivity contribution in [3.05, 3.63) is 58.9 Å². The van der Waals surface area contributed by atoms with Gasteiger partial charge in [0.05, 0.1) is 30.6 Å². The summed E-state index contributed by atoms with van der Waals surface area (Å²) in [5, 5.41) is 3.07. The number of carbonyl (C=O) groups is 1. The number of hydrogen-bond acceptors (Lipinski definition) is 4. The quantitative estimate of drug-likeness (QED) is 0.497. The Labute approximate surface area is 147 Å². The Kier molecular flexibility index (Phi) is 4.97. The highest BCUT2D eigenvalue weighted by molar-refractivity contribution is 5.92. The van der Waals surface area contributed by atoms with Gasteiger partial charge in [0.2, 0.25) is 0 Å². The molecule has 1 heterocycles. The van der Waals surface area contributed by atoms with Crippen LogP contribution in [-0.2, 0) is 11.3 Å². The predicted molar refractivity (Wildman–Crippen MR) is 97.7 cm³/mol. The van der Waals surface area contributed by atoms with Gasteiger partial charge in [-0.3, -0.25) is 4.98 Å². The molecule has 25 heavy (non-hydrogen) atoms. The number of anilines is 1. The van der Waals surface area contributed by atoms with Gasteiger partial charge in [0.25, 0.3) is 0 Å². The first-order valence-electron chi connectivity index (χ1n) is 8.28. The Morgan fingerprint density at radius 2 is 2.16 bits per heavy atom. The molecule has 2 aromatic rings. The number of carbonyl (C=O) groups excluding carboxylic acids is 1. The van der Waals surface area contributed by atoms with E-state index in [4.69, 9.17) is 10.5 Å². The van der Waals surface area contributed by atoms with Crippen LogP contribution in [0.1, 0.15) is 46.1 Å². The molecule has 0 radical (unpaired) electrons. The number of aryl methyl sites for hydroxylation is 1. The zero-order valence-electron chi connectivity index (χ0n) is 14.5. The fourth-order valence-corrected chi connectivity index (χ4v) is 2.63. The Bertz CT molecular complexity index is 813. The minimum Gasteiger partial charge on any atom is -0.465 e. The molecule has 0 bridgehead atoms. The molecule has 1 aromatic heterocycles. The van der Waals surface area contributed by atoms with Crippen LogP contribution < -0.4 is 11.1 Å². The lowest BCUT2D eigenvalue weighted by Gasteiger charge is -2.09. The summed E-state index contributed by atoms with van der Waals surface area (Å²) in [4.78, 5) is 20.8. The molecular formula is C19H22N4O2. The summed E-state index contributed by atoms with van der Waals surface area (Å²) in [6.07, 6.45) is 2.11. The van der Waals surface area contributed by atoms with E-state index in [1.165, 1.54) is 7.11 Å². The van der Waals surface area contributed by atoms with Crippen molar-refractivity contribution in [2.45, 2.75) is 32.2 Å². The van der Waals surface area contributed by atoms with Crippen LogP contribution >= 0.6 is 0 Å². The first-order valence-corrected chi connectivity index (χ1v) is 8.28. The molecule has 3 rings (SSSR count). The Hall–Kier alpha value is -2.89. The normalized spacial score (nSPS) is 14.2. The number of nitrogens with two attached hydrogens (primary N) is 1. The third-order valence-electron chi connectivity index (χ3n) is 4.05. The number of rotatable bonds is 5. The molecule has 1 aliphatic rings. The molecular weight excluding hydrogens is 316 g/mol. The first-order chi connectivity index (χ1) is 12.1. The van der Waals surface area contributed by atoms with E-state index >= 15 is 0 Å². The molecule has 0 aliphatic heterocycles. The second kappa shape index (κ2) is 7.34. The number of aromatic nitrogens is 1. The number of pyridine rings is 1. The summed E-state index contributed by atoms with van der Waals surface area (Å²) in [6, 6.07) is 11.5. The number of aliphatic imine (C=N–C) groups is 1. The minimum absolute atomic E-state index is 0.331. The molecule has 1 aliphatic carbocycles. The van der Waals surface area contributed by atoms with Crippen molar-refractivity contribution >= 4 is 17.6 Å². The maximum atomic E-state index is 11.9. The van der Waals surface area contributed by atoms with Crippen LogP contribution in [0.4, 0.5) is 5.69 Å². The summed E-state index contributed by atoms with van der Waals surface area (Å²) in [7, 11) is 1.38. The van der Waals surface area contributed by atoms with E-state index in [2.05, 4.69) is 15.3 Å². The molecule has 0 unspecified atom stereocenters. The molecule has 6 nitrogen and oxygen atoms in total. The topological polar surface area (TPSA) is 89.6 Å². The zero-order chi connectivity index (χ0) is 17.8. The van der Waals surface area contributed by atoms with Gasteiger partial charge < -0.3 is 15.8 Å². The molecule has 6 heteroatoms. The van der Waals surface area contributed by atoms with Crippen molar-refractivity contribution in [1.29, 1.82) is 0 Å². The van der Waals surface area contributed by atoms with Gasteiger partial charge in [0.15, 0.2) is 5.96 Å². The lowest BCUT2D eigenvalue weighted by atomic mass is 10.1. The standard InChI is InChI=1S/C19H22N4O2/c1-12-4-3-5-14(10-12)23-19(20)21-11-15-8-9-16(18(24)25-2)17(22-15)13-6-7-13/h3-5,8-10,13H,6-7,11H2,1-2H3,(H3,20,21,23). The van der Waals surface area contributed by atoms with E-state index in [1.807, 2.05) is 31.2 Å². The van der Waals surface area contributed by atoms with E-state index in [0.29, 0.717) is 24.0 Å². The lowest BCUT2D eigenvalue weighted by molar-refractivity contribution is 0.0598. The summed E-state index contributed by atoms with van der Waals surface area (Å²) in [5.74, 6) is 0.336. The number of nitrogens with one attached hydrogen (secondary N) is 1. The predicted octanol–water partition coefficient (Wildman–Crippen LogP) is 2.98. The fourth-order valence-electron chi connectivity index (χ4n) is 2.63. The zero-order valence-corrected chi connectivity index (χ0v) is 14.5. The van der Waals surface area contributed by atoms with E-state index in [0.717, 1.165) is 35.5 Å². The van der Waals surface area contributed by atoms with Gasteiger partial charge in [-0.25, -0.2) is 9.79 Å². The van der Waals surface area contributed by atoms with Crippen molar-refractivity contribution < 1.29 is 9.53 Å². The first kappa shape index (κ1) is 17.0. The maximum Gasteiger partial charge on any atom is 0.339 e. The van der Waals surface area contributed by atoms with Crippen LogP contribution in [0.5, 0.6) is 0 Å². The van der Waals surface area contributed by atoms with E-state index in [1.54, 1.807) is 12.1 Å². The largest absolute Gasteiger partial charge is 0.465 e. The number of nitrogens with zero attached hydrogens (tertiary/aromatic N) is 2. The van der Waals surface area contributed by atoms with E-state index in [-0.39, 0.29) is 5.97 Å². The average molecular weight is 338 g/mol. The fraction of sp³-hybridized carbons (Fsp3) is 0.316. The molecule has 130 valence electrons. The van der Waals surface area contributed by atoms with Crippen molar-refractivity contribution in [3.63, 3.8) is 0 Å². The summed E-state index contributed by atoms with van der Waals surface area (Å²) < 4.78 is 4.83. The van der Waals surface area contributed by atoms with Gasteiger partial charge in [-0.1, -0.05) is 12.1 Å². The van der Waals surface area contributed by atoms with E-state index in [9.17, 15) is 4.79 Å². The monoisotopic (exact) mass is 338 g/mol. The molecule has 0 atom stereocenters. The number of benzene rings is 1. The molecule has 1 fully saturated rings.